The van der Waals surface area contributed by atoms with Gasteiger partial charge in [0.2, 0.25) is 0 Å². The van der Waals surface area contributed by atoms with Gasteiger partial charge in [0.05, 0.1) is 11.9 Å². The largest absolute Gasteiger partial charge is 0.412 e. The molecule has 0 aliphatic heterocycles. The molecule has 2 heterocycles. The molecular formula is C7H8N4NaO. The number of rotatable bonds is 0. The molecular weight excluding hydrogens is 179 g/mol. The van der Waals surface area contributed by atoms with Crippen LogP contribution in [0.1, 0.15) is 11.5 Å². The fourth-order valence-electron chi connectivity index (χ4n) is 1.19. The normalized spacial score (nSPS) is 10.0. The molecule has 0 aromatic carbocycles. The SMILES string of the molecule is Cc1nc(C)c2nn(O)cc2n1.[Na]. The van der Waals surface area contributed by atoms with Crippen LogP contribution in [0.3, 0.4) is 0 Å². The first-order chi connectivity index (χ1) is 5.66. The molecule has 0 spiro atoms. The smallest absolute Gasteiger partial charge is 0.136 e. The molecule has 1 N–H and O–H groups in total. The van der Waals surface area contributed by atoms with Gasteiger partial charge in [-0.2, -0.15) is 0 Å². The van der Waals surface area contributed by atoms with Gasteiger partial charge in [-0.15, -0.1) is 9.94 Å². The molecule has 0 bridgehead atoms. The molecule has 1 radical (unpaired) electrons. The Labute approximate surface area is 97.1 Å². The van der Waals surface area contributed by atoms with Crippen LogP contribution in [0, 0.1) is 13.8 Å². The molecule has 2 aromatic heterocycles. The predicted molar refractivity (Wildman–Crippen MR) is 47.7 cm³/mol. The fraction of sp³-hybridized carbons (Fsp3) is 0.286. The summed E-state index contributed by atoms with van der Waals surface area (Å²) in [5, 5.41) is 12.8. The second-order valence-electron chi connectivity index (χ2n) is 2.64. The molecule has 0 atom stereocenters. The Hall–Kier alpha value is -0.650. The third-order valence-electron chi connectivity index (χ3n) is 1.64. The summed E-state index contributed by atoms with van der Waals surface area (Å²) in [5.41, 5.74) is 2.09. The van der Waals surface area contributed by atoms with E-state index < -0.39 is 0 Å². The van der Waals surface area contributed by atoms with Gasteiger partial charge in [-0.25, -0.2) is 9.97 Å². The van der Waals surface area contributed by atoms with Gasteiger partial charge in [-0.1, -0.05) is 0 Å². The maximum Gasteiger partial charge on any atom is 0.136 e. The van der Waals surface area contributed by atoms with Crippen molar-refractivity contribution >= 4 is 40.6 Å². The van der Waals surface area contributed by atoms with Crippen LogP contribution in [-0.2, 0) is 0 Å². The van der Waals surface area contributed by atoms with Crippen molar-refractivity contribution in [1.82, 2.24) is 19.9 Å². The molecule has 63 valence electrons. The minimum Gasteiger partial charge on any atom is -0.412 e. The maximum absolute atomic E-state index is 9.01. The van der Waals surface area contributed by atoms with Crippen LogP contribution in [0.15, 0.2) is 6.20 Å². The van der Waals surface area contributed by atoms with E-state index in [4.69, 9.17) is 5.21 Å². The van der Waals surface area contributed by atoms with Crippen molar-refractivity contribution < 1.29 is 5.21 Å². The first kappa shape index (κ1) is 10.4. The average molecular weight is 187 g/mol. The van der Waals surface area contributed by atoms with Gasteiger partial charge in [0.25, 0.3) is 0 Å². The van der Waals surface area contributed by atoms with E-state index in [-0.39, 0.29) is 29.6 Å². The summed E-state index contributed by atoms with van der Waals surface area (Å²) in [6.07, 6.45) is 1.46. The van der Waals surface area contributed by atoms with E-state index in [2.05, 4.69) is 15.1 Å². The van der Waals surface area contributed by atoms with E-state index in [0.29, 0.717) is 16.9 Å². The Morgan fingerprint density at radius 3 is 2.69 bits per heavy atom. The Kier molecular flexibility index (Phi) is 2.90. The minimum absolute atomic E-state index is 0. The maximum atomic E-state index is 9.01. The van der Waals surface area contributed by atoms with Gasteiger partial charge in [0.15, 0.2) is 0 Å². The Morgan fingerprint density at radius 1 is 1.31 bits per heavy atom. The number of hydrogen-bond donors (Lipinski definition) is 1. The average Bonchev–Trinajstić information content (AvgIpc) is 2.29. The van der Waals surface area contributed by atoms with Crippen molar-refractivity contribution in [2.45, 2.75) is 13.8 Å². The van der Waals surface area contributed by atoms with Gasteiger partial charge in [0, 0.05) is 29.6 Å². The second kappa shape index (κ2) is 3.61. The quantitative estimate of drug-likeness (QED) is 0.476. The van der Waals surface area contributed by atoms with Crippen LogP contribution in [0.4, 0.5) is 0 Å². The summed E-state index contributed by atoms with van der Waals surface area (Å²) >= 11 is 0. The molecule has 0 aliphatic rings. The monoisotopic (exact) mass is 187 g/mol. The molecule has 0 fully saturated rings. The van der Waals surface area contributed by atoms with Gasteiger partial charge >= 0.3 is 0 Å². The summed E-state index contributed by atoms with van der Waals surface area (Å²) in [7, 11) is 0. The molecule has 0 amide bonds. The van der Waals surface area contributed by atoms with Crippen molar-refractivity contribution in [3.05, 3.63) is 17.7 Å². The molecule has 5 nitrogen and oxygen atoms in total. The zero-order chi connectivity index (χ0) is 8.72. The molecule has 13 heavy (non-hydrogen) atoms. The third-order valence-corrected chi connectivity index (χ3v) is 1.64. The van der Waals surface area contributed by atoms with E-state index >= 15 is 0 Å². The van der Waals surface area contributed by atoms with Crippen LogP contribution in [-0.4, -0.2) is 54.7 Å². The Balaban J connectivity index is 0.000000845. The van der Waals surface area contributed by atoms with Crippen LogP contribution in [0.25, 0.3) is 11.0 Å². The summed E-state index contributed by atoms with van der Waals surface area (Å²) in [5.74, 6) is 0.688. The van der Waals surface area contributed by atoms with Crippen molar-refractivity contribution in [3.63, 3.8) is 0 Å². The van der Waals surface area contributed by atoms with E-state index in [1.54, 1.807) is 6.92 Å². The number of aromatic nitrogens is 4. The van der Waals surface area contributed by atoms with E-state index in [9.17, 15) is 0 Å². The molecule has 6 heteroatoms. The van der Waals surface area contributed by atoms with Gasteiger partial charge in [-0.3, -0.25) is 0 Å². The van der Waals surface area contributed by atoms with E-state index in [1.165, 1.54) is 6.20 Å². The molecule has 0 saturated heterocycles. The van der Waals surface area contributed by atoms with Gasteiger partial charge < -0.3 is 5.21 Å². The van der Waals surface area contributed by atoms with Crippen molar-refractivity contribution in [3.8, 4) is 0 Å². The summed E-state index contributed by atoms with van der Waals surface area (Å²) in [6.45, 7) is 3.64. The summed E-state index contributed by atoms with van der Waals surface area (Å²) in [6, 6.07) is 0. The van der Waals surface area contributed by atoms with E-state index in [0.717, 1.165) is 10.5 Å². The molecule has 0 unspecified atom stereocenters. The van der Waals surface area contributed by atoms with Gasteiger partial charge in [-0.05, 0) is 13.8 Å². The Morgan fingerprint density at radius 2 is 2.00 bits per heavy atom. The standard InChI is InChI=1S/C7H8N4O.Na/c1-4-7-6(3-11(12)10-7)9-5(2)8-4;/h3,12H,1-2H3;. The van der Waals surface area contributed by atoms with Crippen LogP contribution in [0.2, 0.25) is 0 Å². The predicted octanol–water partition coefficient (Wildman–Crippen LogP) is 0.300. The summed E-state index contributed by atoms with van der Waals surface area (Å²) < 4.78 is 0. The summed E-state index contributed by atoms with van der Waals surface area (Å²) in [4.78, 5) is 8.98. The molecule has 0 saturated carbocycles. The zero-order valence-corrected chi connectivity index (χ0v) is 9.81. The fourth-order valence-corrected chi connectivity index (χ4v) is 1.19. The van der Waals surface area contributed by atoms with Crippen molar-refractivity contribution in [1.29, 1.82) is 0 Å². The Bertz CT molecular complexity index is 439. The number of fused-ring (bicyclic) bond motifs is 1. The van der Waals surface area contributed by atoms with Gasteiger partial charge in [0.1, 0.15) is 16.9 Å². The molecule has 2 aromatic rings. The van der Waals surface area contributed by atoms with Crippen molar-refractivity contribution in [2.75, 3.05) is 0 Å². The topological polar surface area (TPSA) is 63.8 Å². The van der Waals surface area contributed by atoms with Crippen LogP contribution in [0.5, 0.6) is 0 Å². The third kappa shape index (κ3) is 1.82. The van der Waals surface area contributed by atoms with Crippen molar-refractivity contribution in [2.24, 2.45) is 0 Å². The van der Waals surface area contributed by atoms with Crippen LogP contribution < -0.4 is 0 Å². The minimum atomic E-state index is 0. The first-order valence-electron chi connectivity index (χ1n) is 3.56. The number of hydrogen-bond acceptors (Lipinski definition) is 4. The first-order valence-corrected chi connectivity index (χ1v) is 3.56. The molecule has 0 aliphatic carbocycles. The number of nitrogens with zero attached hydrogens (tertiary/aromatic N) is 4. The second-order valence-corrected chi connectivity index (χ2v) is 2.64. The zero-order valence-electron chi connectivity index (χ0n) is 7.81. The van der Waals surface area contributed by atoms with Crippen LogP contribution >= 0.6 is 0 Å². The molecule has 2 rings (SSSR count). The van der Waals surface area contributed by atoms with E-state index in [1.807, 2.05) is 6.92 Å². The number of aryl methyl sites for hydroxylation is 2.